The van der Waals surface area contributed by atoms with Crippen LogP contribution in [0.2, 0.25) is 0 Å². The Hall–Kier alpha value is -7.76. The molecule has 0 N–H and O–H groups in total. The highest BCUT2D eigenvalue weighted by molar-refractivity contribution is 6.98. The molecule has 2 aliphatic heterocycles. The molecule has 0 amide bonds. The predicted octanol–water partition coefficient (Wildman–Crippen LogP) is 11.9. The Bertz CT molecular complexity index is 3380. The number of hydrogen-bond donors (Lipinski definition) is 0. The zero-order chi connectivity index (χ0) is 38.6. The largest absolute Gasteiger partial charge is 0.458 e. The summed E-state index contributed by atoms with van der Waals surface area (Å²) in [6.45, 7) is -0.0649. The van der Waals surface area contributed by atoms with Gasteiger partial charge in [-0.15, -0.1) is 0 Å². The molecule has 5 heteroatoms. The van der Waals surface area contributed by atoms with Crippen LogP contribution in [-0.4, -0.2) is 15.8 Å². The Morgan fingerprint density at radius 2 is 0.864 bits per heavy atom. The summed E-state index contributed by atoms with van der Waals surface area (Å²) in [7, 11) is 0. The van der Waals surface area contributed by atoms with Gasteiger partial charge in [0.2, 0.25) is 0 Å². The molecule has 0 unspecified atom stereocenters. The van der Waals surface area contributed by atoms with Gasteiger partial charge in [0.25, 0.3) is 6.71 Å². The molecule has 274 valence electrons. The highest BCUT2D eigenvalue weighted by Gasteiger charge is 2.41. The third-order valence-electron chi connectivity index (χ3n) is 12.4. The molecule has 2 aromatic heterocycles. The molecule has 0 bridgehead atoms. The van der Waals surface area contributed by atoms with Gasteiger partial charge in [0.1, 0.15) is 23.0 Å². The number of rotatable bonds is 4. The van der Waals surface area contributed by atoms with E-state index in [1.807, 2.05) is 0 Å². The van der Waals surface area contributed by atoms with Crippen LogP contribution in [0.5, 0.6) is 23.0 Å². The van der Waals surface area contributed by atoms with E-state index in [1.54, 1.807) is 0 Å². The van der Waals surface area contributed by atoms with Crippen molar-refractivity contribution < 1.29 is 9.47 Å². The van der Waals surface area contributed by atoms with Gasteiger partial charge in [-0.1, -0.05) is 146 Å². The maximum absolute atomic E-state index is 7.08. The van der Waals surface area contributed by atoms with E-state index in [4.69, 9.17) is 9.47 Å². The van der Waals surface area contributed by atoms with Gasteiger partial charge in [0, 0.05) is 44.8 Å². The van der Waals surface area contributed by atoms with Crippen molar-refractivity contribution in [3.05, 3.63) is 200 Å². The fraction of sp³-hybridized carbons (Fsp3) is 0. The van der Waals surface area contributed by atoms with Gasteiger partial charge in [-0.2, -0.15) is 0 Å². The second-order valence-corrected chi connectivity index (χ2v) is 15.6. The summed E-state index contributed by atoms with van der Waals surface area (Å²) >= 11 is 0. The summed E-state index contributed by atoms with van der Waals surface area (Å²) in [4.78, 5) is 0. The van der Waals surface area contributed by atoms with Gasteiger partial charge in [0.05, 0.1) is 27.8 Å². The van der Waals surface area contributed by atoms with E-state index in [9.17, 15) is 0 Å². The van der Waals surface area contributed by atoms with Crippen molar-refractivity contribution in [1.82, 2.24) is 9.13 Å². The van der Waals surface area contributed by atoms with E-state index >= 15 is 0 Å². The molecule has 0 saturated heterocycles. The van der Waals surface area contributed by atoms with Gasteiger partial charge in [-0.3, -0.25) is 0 Å². The lowest BCUT2D eigenvalue weighted by Crippen LogP contribution is -2.57. The van der Waals surface area contributed by atoms with Crippen LogP contribution in [0.3, 0.4) is 0 Å². The minimum atomic E-state index is -0.0649. The average Bonchev–Trinajstić information content (AvgIpc) is 3.82. The molecule has 0 aliphatic carbocycles. The highest BCUT2D eigenvalue weighted by Crippen LogP contribution is 2.44. The Labute approximate surface area is 340 Å². The van der Waals surface area contributed by atoms with Crippen molar-refractivity contribution in [3.63, 3.8) is 0 Å². The van der Waals surface area contributed by atoms with Gasteiger partial charge in [-0.25, -0.2) is 0 Å². The van der Waals surface area contributed by atoms with Crippen molar-refractivity contribution in [2.24, 2.45) is 0 Å². The first-order valence-electron chi connectivity index (χ1n) is 20.2. The molecule has 9 aromatic carbocycles. The summed E-state index contributed by atoms with van der Waals surface area (Å²) in [5, 5.41) is 4.81. The van der Waals surface area contributed by atoms with E-state index < -0.39 is 0 Å². The molecule has 2 aliphatic rings. The number of hydrogen-bond acceptors (Lipinski definition) is 2. The van der Waals surface area contributed by atoms with Crippen LogP contribution < -0.4 is 25.9 Å². The van der Waals surface area contributed by atoms with Gasteiger partial charge < -0.3 is 18.6 Å². The van der Waals surface area contributed by atoms with Crippen LogP contribution in [0.4, 0.5) is 0 Å². The molecule has 0 saturated carbocycles. The molecule has 13 rings (SSSR count). The minimum Gasteiger partial charge on any atom is -0.458 e. The van der Waals surface area contributed by atoms with Crippen molar-refractivity contribution in [1.29, 1.82) is 0 Å². The van der Waals surface area contributed by atoms with E-state index in [0.717, 1.165) is 89.6 Å². The van der Waals surface area contributed by atoms with Crippen LogP contribution in [0.15, 0.2) is 200 Å². The van der Waals surface area contributed by atoms with E-state index in [2.05, 4.69) is 209 Å². The molecule has 4 heterocycles. The predicted molar refractivity (Wildman–Crippen MR) is 244 cm³/mol. The van der Waals surface area contributed by atoms with Gasteiger partial charge in [0.15, 0.2) is 0 Å². The maximum Gasteiger partial charge on any atom is 0.260 e. The number of para-hydroxylation sites is 3. The van der Waals surface area contributed by atoms with Gasteiger partial charge in [-0.05, 0) is 75.6 Å². The zero-order valence-electron chi connectivity index (χ0n) is 31.8. The van der Waals surface area contributed by atoms with Crippen LogP contribution in [-0.2, 0) is 0 Å². The highest BCUT2D eigenvalue weighted by atomic mass is 16.5. The number of fused-ring (bicyclic) bond motifs is 11. The number of ether oxygens (including phenoxy) is 2. The molecule has 59 heavy (non-hydrogen) atoms. The summed E-state index contributed by atoms with van der Waals surface area (Å²) in [6.07, 6.45) is 0. The fourth-order valence-electron chi connectivity index (χ4n) is 9.86. The third kappa shape index (κ3) is 4.73. The topological polar surface area (TPSA) is 28.3 Å². The first kappa shape index (κ1) is 32.3. The van der Waals surface area contributed by atoms with E-state index in [1.165, 1.54) is 27.1 Å². The first-order chi connectivity index (χ1) is 29.3. The lowest BCUT2D eigenvalue weighted by atomic mass is 9.34. The number of aromatic nitrogens is 2. The second-order valence-electron chi connectivity index (χ2n) is 15.6. The standard InChI is InChI=1S/C54H33BN2O2/c1-4-14-34(15-5-1)36-24-27-43-48(30-36)58-50-32-39(33-51-53(50)55(43)44-28-25-37(31-49(44)59-51)35-16-6-2-7-17-35)57-45-22-12-10-20-40(45)41-26-29-47-52(54(41)57)42-21-11-13-23-46(42)56(47)38-18-8-3-9-19-38/h1-33H. The normalized spacial score (nSPS) is 12.6. The molecule has 4 nitrogen and oxygen atoms in total. The summed E-state index contributed by atoms with van der Waals surface area (Å²) in [6, 6.07) is 71.7. The van der Waals surface area contributed by atoms with Crippen molar-refractivity contribution >= 4 is 66.7 Å². The van der Waals surface area contributed by atoms with Crippen molar-refractivity contribution in [2.45, 2.75) is 0 Å². The van der Waals surface area contributed by atoms with Crippen LogP contribution in [0.1, 0.15) is 0 Å². The number of benzene rings is 9. The van der Waals surface area contributed by atoms with Crippen molar-refractivity contribution in [3.8, 4) is 56.6 Å². The smallest absolute Gasteiger partial charge is 0.260 e. The quantitative estimate of drug-likeness (QED) is 0.168. The van der Waals surface area contributed by atoms with Gasteiger partial charge >= 0.3 is 0 Å². The molecule has 0 fully saturated rings. The lowest BCUT2D eigenvalue weighted by molar-refractivity contribution is 0.464. The summed E-state index contributed by atoms with van der Waals surface area (Å²) in [5.74, 6) is 3.34. The Balaban J connectivity index is 1.10. The molecular weight excluding hydrogens is 719 g/mol. The average molecular weight is 753 g/mol. The SMILES string of the molecule is c1ccc(-c2ccc3c(c2)Oc2cc(-n4c5ccccc5c5ccc6c(c7ccccc7n6-c6ccccc6)c54)cc4c2B3c2ccc(-c3ccccc3)cc2O4)cc1. The molecule has 11 aromatic rings. The van der Waals surface area contributed by atoms with Crippen molar-refractivity contribution in [2.75, 3.05) is 0 Å². The Morgan fingerprint density at radius 3 is 1.47 bits per heavy atom. The Morgan fingerprint density at radius 1 is 0.339 bits per heavy atom. The van der Waals surface area contributed by atoms with Crippen LogP contribution in [0.25, 0.3) is 77.2 Å². The van der Waals surface area contributed by atoms with Crippen LogP contribution in [0, 0.1) is 0 Å². The van der Waals surface area contributed by atoms with Crippen LogP contribution >= 0.6 is 0 Å². The zero-order valence-corrected chi connectivity index (χ0v) is 31.8. The molecular formula is C54H33BN2O2. The monoisotopic (exact) mass is 752 g/mol. The lowest BCUT2D eigenvalue weighted by Gasteiger charge is -2.34. The maximum atomic E-state index is 7.08. The minimum absolute atomic E-state index is 0.0649. The third-order valence-corrected chi connectivity index (χ3v) is 12.4. The Kier molecular flexibility index (Phi) is 6.78. The number of nitrogens with zero attached hydrogens (tertiary/aromatic N) is 2. The molecule has 0 atom stereocenters. The van der Waals surface area contributed by atoms with E-state index in [0.29, 0.717) is 0 Å². The molecule has 0 spiro atoms. The first-order valence-corrected chi connectivity index (χ1v) is 20.2. The second kappa shape index (κ2) is 12.4. The molecule has 0 radical (unpaired) electrons. The fourth-order valence-corrected chi connectivity index (χ4v) is 9.86. The van der Waals surface area contributed by atoms with E-state index in [-0.39, 0.29) is 6.71 Å². The summed E-state index contributed by atoms with van der Waals surface area (Å²) < 4.78 is 19.0. The summed E-state index contributed by atoms with van der Waals surface area (Å²) in [5.41, 5.74) is 14.6.